The van der Waals surface area contributed by atoms with Crippen LogP contribution < -0.4 is 5.73 Å². The zero-order valence-electron chi connectivity index (χ0n) is 19.1. The zero-order valence-corrected chi connectivity index (χ0v) is 19.1. The molecule has 0 bridgehead atoms. The third-order valence-corrected chi connectivity index (χ3v) is 6.75. The number of benzene rings is 2. The monoisotopic (exact) mass is 457 g/mol. The summed E-state index contributed by atoms with van der Waals surface area (Å²) in [5.41, 5.74) is 12.7. The largest absolute Gasteiger partial charge is 0.398 e. The van der Waals surface area contributed by atoms with Gasteiger partial charge in [0.2, 0.25) is 5.91 Å². The van der Waals surface area contributed by atoms with Gasteiger partial charge in [0.1, 0.15) is 0 Å². The van der Waals surface area contributed by atoms with Gasteiger partial charge >= 0.3 is 0 Å². The number of hydrogen-bond donors (Lipinski definition) is 2. The van der Waals surface area contributed by atoms with E-state index in [0.29, 0.717) is 56.2 Å². The number of piperazine rings is 1. The Bertz CT molecular complexity index is 1290. The first-order valence-electron chi connectivity index (χ1n) is 11.5. The molecule has 0 radical (unpaired) electrons. The molecule has 2 amide bonds. The number of hydrogen-bond acceptors (Lipinski definition) is 6. The SMILES string of the molecule is CC(=O)N1CCN(C(=O)c2ccc(-c3nc4ccc(N)c(C=N)c4c4c3COCC4)cc2)CC1. The van der Waals surface area contributed by atoms with Crippen molar-refractivity contribution in [3.63, 3.8) is 0 Å². The van der Waals surface area contributed by atoms with Crippen LogP contribution >= 0.6 is 0 Å². The molecule has 5 rings (SSSR count). The highest BCUT2D eigenvalue weighted by molar-refractivity contribution is 6.05. The molecular weight excluding hydrogens is 430 g/mol. The fourth-order valence-corrected chi connectivity index (χ4v) is 4.87. The summed E-state index contributed by atoms with van der Waals surface area (Å²) in [5, 5.41) is 8.79. The number of nitrogens with zero attached hydrogens (tertiary/aromatic N) is 3. The fraction of sp³-hybridized carbons (Fsp3) is 0.308. The molecule has 8 nitrogen and oxygen atoms in total. The predicted molar refractivity (Wildman–Crippen MR) is 131 cm³/mol. The molecular formula is C26H27N5O3. The van der Waals surface area contributed by atoms with Crippen molar-refractivity contribution in [2.75, 3.05) is 38.5 Å². The lowest BCUT2D eigenvalue weighted by molar-refractivity contribution is -0.130. The van der Waals surface area contributed by atoms with E-state index in [9.17, 15) is 9.59 Å². The van der Waals surface area contributed by atoms with Gasteiger partial charge in [-0.3, -0.25) is 9.59 Å². The van der Waals surface area contributed by atoms with Gasteiger partial charge in [-0.15, -0.1) is 0 Å². The molecule has 0 spiro atoms. The van der Waals surface area contributed by atoms with Gasteiger partial charge in [0.15, 0.2) is 0 Å². The van der Waals surface area contributed by atoms with E-state index in [1.165, 1.54) is 6.21 Å². The van der Waals surface area contributed by atoms with Crippen molar-refractivity contribution in [1.82, 2.24) is 14.8 Å². The van der Waals surface area contributed by atoms with E-state index in [-0.39, 0.29) is 11.8 Å². The summed E-state index contributed by atoms with van der Waals surface area (Å²) >= 11 is 0. The third-order valence-electron chi connectivity index (χ3n) is 6.75. The molecule has 0 aliphatic carbocycles. The van der Waals surface area contributed by atoms with Gasteiger partial charge in [-0.25, -0.2) is 4.98 Å². The molecule has 3 N–H and O–H groups in total. The Kier molecular flexibility index (Phi) is 5.75. The Labute approximate surface area is 197 Å². The number of ether oxygens (including phenoxy) is 1. The van der Waals surface area contributed by atoms with Gasteiger partial charge < -0.3 is 25.7 Å². The average Bonchev–Trinajstić information content (AvgIpc) is 2.88. The summed E-state index contributed by atoms with van der Waals surface area (Å²) < 4.78 is 5.76. The Balaban J connectivity index is 1.48. The maximum atomic E-state index is 13.0. The normalized spacial score (nSPS) is 15.8. The van der Waals surface area contributed by atoms with E-state index < -0.39 is 0 Å². The fourth-order valence-electron chi connectivity index (χ4n) is 4.87. The number of amides is 2. The second-order valence-electron chi connectivity index (χ2n) is 8.70. The first-order valence-corrected chi connectivity index (χ1v) is 11.5. The molecule has 1 fully saturated rings. The minimum Gasteiger partial charge on any atom is -0.398 e. The molecule has 0 unspecified atom stereocenters. The topological polar surface area (TPSA) is 113 Å². The summed E-state index contributed by atoms with van der Waals surface area (Å²) in [6.45, 7) is 4.82. The van der Waals surface area contributed by atoms with Crippen molar-refractivity contribution in [3.05, 3.63) is 58.7 Å². The highest BCUT2D eigenvalue weighted by Gasteiger charge is 2.25. The van der Waals surface area contributed by atoms with Crippen LogP contribution in [0, 0.1) is 5.41 Å². The summed E-state index contributed by atoms with van der Waals surface area (Å²) in [7, 11) is 0. The lowest BCUT2D eigenvalue weighted by Gasteiger charge is -2.34. The molecule has 2 aliphatic heterocycles. The number of rotatable bonds is 3. The lowest BCUT2D eigenvalue weighted by atomic mass is 9.91. The standard InChI is InChI=1S/C26H27N5O3/c1-16(32)30-9-11-31(12-10-30)26(33)18-4-2-17(3-5-18)25-21-15-34-13-8-19(21)24-20(14-27)22(28)6-7-23(24)29-25/h2-7,14,27H,8-13,15,28H2,1H3. The maximum absolute atomic E-state index is 13.0. The van der Waals surface area contributed by atoms with E-state index in [2.05, 4.69) is 0 Å². The first-order chi connectivity index (χ1) is 16.5. The first kappa shape index (κ1) is 22.0. The number of aromatic nitrogens is 1. The quantitative estimate of drug-likeness (QED) is 0.464. The van der Waals surface area contributed by atoms with Gasteiger partial charge in [0.25, 0.3) is 5.91 Å². The Morgan fingerprint density at radius 2 is 1.74 bits per heavy atom. The van der Waals surface area contributed by atoms with Crippen molar-refractivity contribution >= 4 is 34.6 Å². The van der Waals surface area contributed by atoms with Crippen molar-refractivity contribution in [3.8, 4) is 11.3 Å². The predicted octanol–water partition coefficient (Wildman–Crippen LogP) is 2.86. The molecule has 0 atom stereocenters. The second kappa shape index (κ2) is 8.87. The number of nitrogen functional groups attached to an aromatic ring is 1. The van der Waals surface area contributed by atoms with Crippen LogP contribution in [0.5, 0.6) is 0 Å². The molecule has 8 heteroatoms. The third kappa shape index (κ3) is 3.80. The zero-order chi connectivity index (χ0) is 23.8. The van der Waals surface area contributed by atoms with Crippen LogP contribution in [0.4, 0.5) is 5.69 Å². The summed E-state index contributed by atoms with van der Waals surface area (Å²) in [5.74, 6) is 0.0137. The van der Waals surface area contributed by atoms with Crippen molar-refractivity contribution in [1.29, 1.82) is 5.41 Å². The van der Waals surface area contributed by atoms with Crippen LogP contribution in [-0.2, 0) is 22.6 Å². The van der Waals surface area contributed by atoms with Crippen LogP contribution in [-0.4, -0.2) is 65.6 Å². The molecule has 1 saturated heterocycles. The summed E-state index contributed by atoms with van der Waals surface area (Å²) in [6, 6.07) is 11.2. The van der Waals surface area contributed by atoms with Gasteiger partial charge in [-0.05, 0) is 36.2 Å². The van der Waals surface area contributed by atoms with Crippen molar-refractivity contribution < 1.29 is 14.3 Å². The van der Waals surface area contributed by atoms with Crippen molar-refractivity contribution in [2.24, 2.45) is 0 Å². The Morgan fingerprint density at radius 3 is 2.41 bits per heavy atom. The molecule has 174 valence electrons. The Hall–Kier alpha value is -3.78. The highest BCUT2D eigenvalue weighted by atomic mass is 16.5. The van der Waals surface area contributed by atoms with E-state index >= 15 is 0 Å². The molecule has 1 aromatic heterocycles. The van der Waals surface area contributed by atoms with Gasteiger partial charge in [-0.2, -0.15) is 0 Å². The average molecular weight is 458 g/mol. The van der Waals surface area contributed by atoms with Gasteiger partial charge in [0, 0.05) is 72.6 Å². The minimum absolute atomic E-state index is 0.0299. The number of carbonyl (C=O) groups is 2. The number of nitrogens with one attached hydrogen (secondary N) is 1. The van der Waals surface area contributed by atoms with Crippen LogP contribution in [0.1, 0.15) is 34.0 Å². The van der Waals surface area contributed by atoms with E-state index in [4.69, 9.17) is 20.9 Å². The van der Waals surface area contributed by atoms with Crippen LogP contribution in [0.2, 0.25) is 0 Å². The molecule has 3 aromatic rings. The smallest absolute Gasteiger partial charge is 0.253 e. The van der Waals surface area contributed by atoms with Gasteiger partial charge in [-0.1, -0.05) is 12.1 Å². The van der Waals surface area contributed by atoms with Crippen LogP contribution in [0.15, 0.2) is 36.4 Å². The molecule has 0 saturated carbocycles. The Morgan fingerprint density at radius 1 is 1.03 bits per heavy atom. The molecule has 2 aliphatic rings. The number of fused-ring (bicyclic) bond motifs is 3. The molecule has 34 heavy (non-hydrogen) atoms. The number of anilines is 1. The summed E-state index contributed by atoms with van der Waals surface area (Å²) in [4.78, 5) is 33.0. The van der Waals surface area contributed by atoms with Crippen LogP contribution in [0.25, 0.3) is 22.2 Å². The minimum atomic E-state index is -0.0299. The van der Waals surface area contributed by atoms with E-state index in [1.54, 1.807) is 22.8 Å². The molecule has 3 heterocycles. The lowest BCUT2D eigenvalue weighted by Crippen LogP contribution is -2.50. The highest BCUT2D eigenvalue weighted by Crippen LogP contribution is 2.36. The second-order valence-corrected chi connectivity index (χ2v) is 8.70. The van der Waals surface area contributed by atoms with E-state index in [0.717, 1.165) is 39.7 Å². The summed E-state index contributed by atoms with van der Waals surface area (Å²) in [6.07, 6.45) is 2.03. The maximum Gasteiger partial charge on any atom is 0.253 e. The van der Waals surface area contributed by atoms with Gasteiger partial charge in [0.05, 0.1) is 24.4 Å². The van der Waals surface area contributed by atoms with E-state index in [1.807, 2.05) is 30.3 Å². The number of nitrogens with two attached hydrogens (primary N) is 1. The van der Waals surface area contributed by atoms with Crippen molar-refractivity contribution in [2.45, 2.75) is 20.0 Å². The molecule has 2 aromatic carbocycles. The number of carbonyl (C=O) groups excluding carboxylic acids is 2. The number of pyridine rings is 1. The van der Waals surface area contributed by atoms with Crippen LogP contribution in [0.3, 0.4) is 0 Å².